The molecule has 1 saturated heterocycles. The fourth-order valence-electron chi connectivity index (χ4n) is 1.79. The summed E-state index contributed by atoms with van der Waals surface area (Å²) >= 11 is 0. The Balaban J connectivity index is 2.07. The van der Waals surface area contributed by atoms with Gasteiger partial charge in [0.1, 0.15) is 5.82 Å². The molecular weight excluding hydrogens is 232 g/mol. The summed E-state index contributed by atoms with van der Waals surface area (Å²) in [6.45, 7) is 9.23. The van der Waals surface area contributed by atoms with Gasteiger partial charge >= 0.3 is 0 Å². The molecule has 0 spiro atoms. The number of rotatable bonds is 2. The fourth-order valence-corrected chi connectivity index (χ4v) is 1.79. The van der Waals surface area contributed by atoms with Crippen LogP contribution in [0.3, 0.4) is 0 Å². The van der Waals surface area contributed by atoms with Crippen molar-refractivity contribution in [1.29, 1.82) is 0 Å². The molecule has 2 heterocycles. The summed E-state index contributed by atoms with van der Waals surface area (Å²) < 4.78 is 5.29. The summed E-state index contributed by atoms with van der Waals surface area (Å²) in [5.74, 6) is 0.642. The Morgan fingerprint density at radius 1 is 1.50 bits per heavy atom. The van der Waals surface area contributed by atoms with Crippen LogP contribution in [0.1, 0.15) is 50.6 Å². The number of carbonyl (C=O) groups is 1. The molecule has 2 N–H and O–H groups in total. The molecule has 0 saturated carbocycles. The average Bonchev–Trinajstić information content (AvgIpc) is 2.84. The molecule has 0 aromatic carbocycles. The molecule has 1 aliphatic heterocycles. The summed E-state index contributed by atoms with van der Waals surface area (Å²) in [6.07, 6.45) is 0.815. The third-order valence-corrected chi connectivity index (χ3v) is 3.03. The van der Waals surface area contributed by atoms with Crippen molar-refractivity contribution in [2.24, 2.45) is 0 Å². The number of hydrogen-bond donors (Lipinski definition) is 2. The lowest BCUT2D eigenvalue weighted by Gasteiger charge is -2.22. The highest BCUT2D eigenvalue weighted by Crippen LogP contribution is 2.19. The van der Waals surface area contributed by atoms with Crippen LogP contribution in [-0.4, -0.2) is 39.8 Å². The number of aromatic amines is 1. The van der Waals surface area contributed by atoms with Crippen molar-refractivity contribution in [2.75, 3.05) is 13.2 Å². The smallest absolute Gasteiger partial charge is 0.291 e. The van der Waals surface area contributed by atoms with Crippen LogP contribution >= 0.6 is 0 Å². The van der Waals surface area contributed by atoms with Crippen LogP contribution in [0.4, 0.5) is 0 Å². The lowest BCUT2D eigenvalue weighted by molar-refractivity contribution is 0.0879. The molecule has 18 heavy (non-hydrogen) atoms. The van der Waals surface area contributed by atoms with Gasteiger partial charge in [0.15, 0.2) is 0 Å². The van der Waals surface area contributed by atoms with Crippen LogP contribution in [0.2, 0.25) is 0 Å². The Morgan fingerprint density at radius 2 is 2.22 bits per heavy atom. The largest absolute Gasteiger partial charge is 0.379 e. The maximum absolute atomic E-state index is 12.0. The SMILES string of the molecule is CC1(NC(=O)c2n[nH]c(C(C)(C)C)n2)CCOC1. The molecular formula is C12H20N4O2. The van der Waals surface area contributed by atoms with Gasteiger partial charge in [-0.15, -0.1) is 5.10 Å². The zero-order valence-electron chi connectivity index (χ0n) is 11.3. The van der Waals surface area contributed by atoms with Gasteiger partial charge in [-0.2, -0.15) is 0 Å². The molecule has 1 amide bonds. The summed E-state index contributed by atoms with van der Waals surface area (Å²) in [5, 5.41) is 9.70. The molecule has 100 valence electrons. The predicted molar refractivity (Wildman–Crippen MR) is 66.4 cm³/mol. The first-order chi connectivity index (χ1) is 8.30. The van der Waals surface area contributed by atoms with E-state index in [1.165, 1.54) is 0 Å². The molecule has 0 radical (unpaired) electrons. The quantitative estimate of drug-likeness (QED) is 0.823. The number of amides is 1. The van der Waals surface area contributed by atoms with Crippen molar-refractivity contribution in [1.82, 2.24) is 20.5 Å². The van der Waals surface area contributed by atoms with E-state index in [2.05, 4.69) is 20.5 Å². The lowest BCUT2D eigenvalue weighted by Crippen LogP contribution is -2.46. The van der Waals surface area contributed by atoms with E-state index in [-0.39, 0.29) is 22.7 Å². The molecule has 1 atom stereocenters. The summed E-state index contributed by atoms with van der Waals surface area (Å²) in [4.78, 5) is 16.3. The highest BCUT2D eigenvalue weighted by atomic mass is 16.5. The Hall–Kier alpha value is -1.43. The van der Waals surface area contributed by atoms with Crippen molar-refractivity contribution >= 4 is 5.91 Å². The van der Waals surface area contributed by atoms with Crippen LogP contribution in [0.25, 0.3) is 0 Å². The number of hydrogen-bond acceptors (Lipinski definition) is 4. The minimum atomic E-state index is -0.306. The van der Waals surface area contributed by atoms with Crippen molar-refractivity contribution in [3.8, 4) is 0 Å². The van der Waals surface area contributed by atoms with E-state index >= 15 is 0 Å². The number of carbonyl (C=O) groups excluding carboxylic acids is 1. The van der Waals surface area contributed by atoms with Gasteiger partial charge in [-0.25, -0.2) is 4.98 Å². The van der Waals surface area contributed by atoms with E-state index in [0.29, 0.717) is 19.0 Å². The first-order valence-electron chi connectivity index (χ1n) is 6.13. The molecule has 1 fully saturated rings. The van der Waals surface area contributed by atoms with E-state index < -0.39 is 0 Å². The zero-order valence-corrected chi connectivity index (χ0v) is 11.3. The highest BCUT2D eigenvalue weighted by Gasteiger charge is 2.33. The van der Waals surface area contributed by atoms with E-state index in [1.54, 1.807) is 0 Å². The van der Waals surface area contributed by atoms with Gasteiger partial charge in [-0.3, -0.25) is 9.89 Å². The molecule has 1 unspecified atom stereocenters. The van der Waals surface area contributed by atoms with E-state index in [0.717, 1.165) is 6.42 Å². The second-order valence-corrected chi connectivity index (χ2v) is 6.07. The van der Waals surface area contributed by atoms with Crippen LogP contribution in [0.15, 0.2) is 0 Å². The second-order valence-electron chi connectivity index (χ2n) is 6.07. The van der Waals surface area contributed by atoms with Crippen molar-refractivity contribution in [3.05, 3.63) is 11.6 Å². The maximum atomic E-state index is 12.0. The average molecular weight is 252 g/mol. The Kier molecular flexibility index (Phi) is 3.14. The van der Waals surface area contributed by atoms with E-state index in [1.807, 2.05) is 27.7 Å². The molecule has 6 nitrogen and oxygen atoms in total. The Morgan fingerprint density at radius 3 is 2.72 bits per heavy atom. The van der Waals surface area contributed by atoms with Crippen LogP contribution in [0, 0.1) is 0 Å². The van der Waals surface area contributed by atoms with Gasteiger partial charge < -0.3 is 10.1 Å². The minimum Gasteiger partial charge on any atom is -0.379 e. The second kappa shape index (κ2) is 4.35. The molecule has 0 bridgehead atoms. The summed E-state index contributed by atoms with van der Waals surface area (Å²) in [5.41, 5.74) is -0.453. The molecule has 1 aromatic heterocycles. The van der Waals surface area contributed by atoms with Gasteiger partial charge in [0.2, 0.25) is 5.82 Å². The van der Waals surface area contributed by atoms with Crippen LogP contribution < -0.4 is 5.32 Å². The Bertz CT molecular complexity index is 441. The van der Waals surface area contributed by atoms with Gasteiger partial charge in [0.05, 0.1) is 12.1 Å². The van der Waals surface area contributed by atoms with E-state index in [9.17, 15) is 4.79 Å². The number of nitrogens with one attached hydrogen (secondary N) is 2. The van der Waals surface area contributed by atoms with Gasteiger partial charge in [0.25, 0.3) is 5.91 Å². The molecule has 0 aliphatic carbocycles. The Labute approximate surface area is 107 Å². The van der Waals surface area contributed by atoms with Crippen molar-refractivity contribution in [2.45, 2.75) is 45.1 Å². The zero-order chi connectivity index (χ0) is 13.4. The fraction of sp³-hybridized carbons (Fsp3) is 0.750. The predicted octanol–water partition coefficient (Wildman–Crippen LogP) is 1.01. The van der Waals surface area contributed by atoms with Gasteiger partial charge in [-0.05, 0) is 13.3 Å². The first-order valence-corrected chi connectivity index (χ1v) is 6.13. The maximum Gasteiger partial charge on any atom is 0.291 e. The number of aromatic nitrogens is 3. The molecule has 1 aliphatic rings. The number of H-pyrrole nitrogens is 1. The standard InChI is InChI=1S/C12H20N4O2/c1-11(2,3)10-13-8(15-16-10)9(17)14-12(4)5-6-18-7-12/h5-7H2,1-4H3,(H,14,17)(H,13,15,16). The van der Waals surface area contributed by atoms with E-state index in [4.69, 9.17) is 4.74 Å². The molecule has 6 heteroatoms. The van der Waals surface area contributed by atoms with Crippen LogP contribution in [-0.2, 0) is 10.2 Å². The normalized spacial score (nSPS) is 24.2. The third-order valence-electron chi connectivity index (χ3n) is 3.03. The van der Waals surface area contributed by atoms with Gasteiger partial charge in [0, 0.05) is 12.0 Å². The topological polar surface area (TPSA) is 79.9 Å². The summed E-state index contributed by atoms with van der Waals surface area (Å²) in [7, 11) is 0. The molecule has 1 aromatic rings. The van der Waals surface area contributed by atoms with Gasteiger partial charge in [-0.1, -0.05) is 20.8 Å². The number of nitrogens with zero attached hydrogens (tertiary/aromatic N) is 2. The third kappa shape index (κ3) is 2.69. The number of ether oxygens (including phenoxy) is 1. The molecule has 2 rings (SSSR count). The lowest BCUT2D eigenvalue weighted by atomic mass is 9.96. The summed E-state index contributed by atoms with van der Waals surface area (Å²) in [6, 6.07) is 0. The highest BCUT2D eigenvalue weighted by molar-refractivity contribution is 5.90. The van der Waals surface area contributed by atoms with Crippen molar-refractivity contribution in [3.63, 3.8) is 0 Å². The minimum absolute atomic E-state index is 0.147. The monoisotopic (exact) mass is 252 g/mol. The van der Waals surface area contributed by atoms with Crippen molar-refractivity contribution < 1.29 is 9.53 Å². The van der Waals surface area contributed by atoms with Crippen LogP contribution in [0.5, 0.6) is 0 Å². The first kappa shape index (κ1) is 13.0.